The molecule has 1 aromatic carbocycles. The summed E-state index contributed by atoms with van der Waals surface area (Å²) in [5.41, 5.74) is 0.962. The first-order chi connectivity index (χ1) is 11.1. The predicted molar refractivity (Wildman–Crippen MR) is 83.4 cm³/mol. The van der Waals surface area contributed by atoms with E-state index in [1.165, 1.54) is 17.4 Å². The second-order valence-corrected chi connectivity index (χ2v) is 5.96. The molecule has 5 nitrogen and oxygen atoms in total. The van der Waals surface area contributed by atoms with Crippen molar-refractivity contribution in [2.24, 2.45) is 0 Å². The van der Waals surface area contributed by atoms with Gasteiger partial charge in [-0.25, -0.2) is 13.8 Å². The Morgan fingerprint density at radius 1 is 1.30 bits per heavy atom. The van der Waals surface area contributed by atoms with E-state index in [0.29, 0.717) is 29.6 Å². The zero-order valence-electron chi connectivity index (χ0n) is 12.2. The predicted octanol–water partition coefficient (Wildman–Crippen LogP) is 2.36. The smallest absolute Gasteiger partial charge is 0.240 e. The second-order valence-electron chi connectivity index (χ2n) is 5.10. The Hall–Kier alpha value is -1.90. The van der Waals surface area contributed by atoms with Gasteiger partial charge in [-0.2, -0.15) is 0 Å². The number of rotatable bonds is 4. The fraction of sp³-hybridized carbons (Fsp3) is 0.333. The zero-order chi connectivity index (χ0) is 16.2. The number of hydrogen-bond acceptors (Lipinski definition) is 5. The first-order valence-corrected chi connectivity index (χ1v) is 8.01. The third-order valence-electron chi connectivity index (χ3n) is 3.44. The van der Waals surface area contributed by atoms with Gasteiger partial charge < -0.3 is 10.1 Å². The summed E-state index contributed by atoms with van der Waals surface area (Å²) in [4.78, 5) is 18.2. The molecule has 2 aromatic rings. The third kappa shape index (κ3) is 4.10. The van der Waals surface area contributed by atoms with Gasteiger partial charge in [0.15, 0.2) is 16.8 Å². The monoisotopic (exact) mass is 339 g/mol. The van der Waals surface area contributed by atoms with E-state index in [4.69, 9.17) is 4.74 Å². The number of hydrogen-bond donors (Lipinski definition) is 1. The van der Waals surface area contributed by atoms with Crippen molar-refractivity contribution in [1.82, 2.24) is 9.88 Å². The van der Waals surface area contributed by atoms with Gasteiger partial charge in [-0.05, 0) is 18.2 Å². The van der Waals surface area contributed by atoms with Crippen molar-refractivity contribution >= 4 is 22.4 Å². The largest absolute Gasteiger partial charge is 0.379 e. The highest BCUT2D eigenvalue weighted by Gasteiger charge is 2.15. The van der Waals surface area contributed by atoms with Crippen LogP contribution in [0.3, 0.4) is 0 Å². The molecular formula is C15H15F2N3O2S. The lowest BCUT2D eigenvalue weighted by Gasteiger charge is -2.25. The number of carbonyl (C=O) groups excluding carboxylic acids is 1. The Labute approximate surface area is 135 Å². The van der Waals surface area contributed by atoms with E-state index < -0.39 is 11.6 Å². The van der Waals surface area contributed by atoms with Crippen molar-refractivity contribution < 1.29 is 18.3 Å². The number of nitrogens with zero attached hydrogens (tertiary/aromatic N) is 2. The van der Waals surface area contributed by atoms with Crippen molar-refractivity contribution in [3.05, 3.63) is 35.2 Å². The molecule has 122 valence electrons. The Balaban J connectivity index is 1.62. The van der Waals surface area contributed by atoms with Gasteiger partial charge >= 0.3 is 0 Å². The van der Waals surface area contributed by atoms with E-state index in [2.05, 4.69) is 10.3 Å². The Morgan fingerprint density at radius 3 is 2.83 bits per heavy atom. The first kappa shape index (κ1) is 16.0. The Kier molecular flexibility index (Phi) is 4.94. The van der Waals surface area contributed by atoms with Gasteiger partial charge in [-0.15, -0.1) is 11.3 Å². The molecule has 0 atom stereocenters. The molecule has 23 heavy (non-hydrogen) atoms. The van der Waals surface area contributed by atoms with Crippen molar-refractivity contribution in [3.8, 4) is 11.3 Å². The maximum Gasteiger partial charge on any atom is 0.240 e. The van der Waals surface area contributed by atoms with Crippen LogP contribution in [0, 0.1) is 11.6 Å². The molecule has 3 rings (SSSR count). The fourth-order valence-electron chi connectivity index (χ4n) is 2.24. The summed E-state index contributed by atoms with van der Waals surface area (Å²) >= 11 is 1.24. The summed E-state index contributed by atoms with van der Waals surface area (Å²) in [6, 6.07) is 3.59. The molecule has 2 heterocycles. The van der Waals surface area contributed by atoms with Crippen molar-refractivity contribution in [2.45, 2.75) is 0 Å². The van der Waals surface area contributed by atoms with Crippen LogP contribution in [0.25, 0.3) is 11.3 Å². The molecule has 1 aromatic heterocycles. The number of thiazole rings is 1. The summed E-state index contributed by atoms with van der Waals surface area (Å²) in [6.45, 7) is 3.00. The molecular weight excluding hydrogens is 324 g/mol. The first-order valence-electron chi connectivity index (χ1n) is 7.13. The van der Waals surface area contributed by atoms with Gasteiger partial charge in [0.1, 0.15) is 0 Å². The van der Waals surface area contributed by atoms with E-state index in [9.17, 15) is 13.6 Å². The SMILES string of the molecule is O=C(CN1CCOCC1)Nc1nc(-c2ccc(F)c(F)c2)cs1. The van der Waals surface area contributed by atoms with Gasteiger partial charge in [0.05, 0.1) is 25.5 Å². The maximum absolute atomic E-state index is 13.3. The third-order valence-corrected chi connectivity index (χ3v) is 4.19. The number of ether oxygens (including phenoxy) is 1. The van der Waals surface area contributed by atoms with Gasteiger partial charge in [0, 0.05) is 24.0 Å². The number of benzene rings is 1. The number of morpholine rings is 1. The highest BCUT2D eigenvalue weighted by molar-refractivity contribution is 7.14. The van der Waals surface area contributed by atoms with Crippen LogP contribution in [-0.4, -0.2) is 48.6 Å². The standard InChI is InChI=1S/C15H15F2N3O2S/c16-11-2-1-10(7-12(11)17)13-9-23-15(18-13)19-14(21)8-20-3-5-22-6-4-20/h1-2,7,9H,3-6,8H2,(H,18,19,21). The van der Waals surface area contributed by atoms with E-state index in [1.807, 2.05) is 4.90 Å². The molecule has 1 N–H and O–H groups in total. The summed E-state index contributed by atoms with van der Waals surface area (Å²) in [5.74, 6) is -1.98. The average molecular weight is 339 g/mol. The molecule has 0 radical (unpaired) electrons. The molecule has 1 fully saturated rings. The van der Waals surface area contributed by atoms with Crippen LogP contribution >= 0.6 is 11.3 Å². The molecule has 0 spiro atoms. The molecule has 1 aliphatic heterocycles. The van der Waals surface area contributed by atoms with E-state index >= 15 is 0 Å². The molecule has 1 amide bonds. The van der Waals surface area contributed by atoms with E-state index in [1.54, 1.807) is 5.38 Å². The topological polar surface area (TPSA) is 54.5 Å². The van der Waals surface area contributed by atoms with Gasteiger partial charge in [-0.3, -0.25) is 9.69 Å². The Morgan fingerprint density at radius 2 is 2.09 bits per heavy atom. The van der Waals surface area contributed by atoms with Crippen LogP contribution in [0.5, 0.6) is 0 Å². The second kappa shape index (κ2) is 7.12. The van der Waals surface area contributed by atoms with Crippen LogP contribution in [0.1, 0.15) is 0 Å². The number of carbonyl (C=O) groups is 1. The Bertz CT molecular complexity index is 702. The van der Waals surface area contributed by atoms with Crippen LogP contribution in [0.15, 0.2) is 23.6 Å². The molecule has 0 unspecified atom stereocenters. The number of halogens is 2. The minimum atomic E-state index is -0.923. The van der Waals surface area contributed by atoms with Gasteiger partial charge in [0.25, 0.3) is 0 Å². The van der Waals surface area contributed by atoms with E-state index in [-0.39, 0.29) is 12.5 Å². The normalized spacial score (nSPS) is 15.6. The van der Waals surface area contributed by atoms with Gasteiger partial charge in [-0.1, -0.05) is 0 Å². The van der Waals surface area contributed by atoms with Gasteiger partial charge in [0.2, 0.25) is 5.91 Å². The fourth-order valence-corrected chi connectivity index (χ4v) is 2.98. The minimum Gasteiger partial charge on any atom is -0.379 e. The highest BCUT2D eigenvalue weighted by atomic mass is 32.1. The molecule has 0 aliphatic carbocycles. The number of aromatic nitrogens is 1. The summed E-state index contributed by atoms with van der Waals surface area (Å²) in [7, 11) is 0. The van der Waals surface area contributed by atoms with Crippen molar-refractivity contribution in [2.75, 3.05) is 38.2 Å². The zero-order valence-corrected chi connectivity index (χ0v) is 13.0. The maximum atomic E-state index is 13.3. The van der Waals surface area contributed by atoms with E-state index in [0.717, 1.165) is 25.2 Å². The molecule has 1 saturated heterocycles. The van der Waals surface area contributed by atoms with Crippen LogP contribution in [0.2, 0.25) is 0 Å². The minimum absolute atomic E-state index is 0.155. The van der Waals surface area contributed by atoms with Crippen LogP contribution in [0.4, 0.5) is 13.9 Å². The highest BCUT2D eigenvalue weighted by Crippen LogP contribution is 2.26. The lowest BCUT2D eigenvalue weighted by atomic mass is 10.2. The van der Waals surface area contributed by atoms with Crippen LogP contribution < -0.4 is 5.32 Å². The summed E-state index contributed by atoms with van der Waals surface area (Å²) in [5, 5.41) is 4.85. The average Bonchev–Trinajstić information content (AvgIpc) is 2.99. The quantitative estimate of drug-likeness (QED) is 0.929. The number of amides is 1. The molecule has 8 heteroatoms. The van der Waals surface area contributed by atoms with Crippen molar-refractivity contribution in [3.63, 3.8) is 0 Å². The molecule has 0 saturated carbocycles. The van der Waals surface area contributed by atoms with Crippen LogP contribution in [-0.2, 0) is 9.53 Å². The number of nitrogens with one attached hydrogen (secondary N) is 1. The number of anilines is 1. The lowest BCUT2D eigenvalue weighted by Crippen LogP contribution is -2.41. The summed E-state index contributed by atoms with van der Waals surface area (Å²) in [6.07, 6.45) is 0. The lowest BCUT2D eigenvalue weighted by molar-refractivity contribution is -0.118. The summed E-state index contributed by atoms with van der Waals surface area (Å²) < 4.78 is 31.4. The molecule has 0 bridgehead atoms. The van der Waals surface area contributed by atoms with Crippen molar-refractivity contribution in [1.29, 1.82) is 0 Å². The molecule has 1 aliphatic rings.